The van der Waals surface area contributed by atoms with Gasteiger partial charge in [-0.3, -0.25) is 4.79 Å². The zero-order valence-corrected chi connectivity index (χ0v) is 9.60. The van der Waals surface area contributed by atoms with Gasteiger partial charge in [-0.05, 0) is 71.6 Å². The molecule has 3 fully saturated rings. The van der Waals surface area contributed by atoms with E-state index in [1.165, 1.54) is 18.4 Å². The average molecular weight is 225 g/mol. The van der Waals surface area contributed by atoms with Gasteiger partial charge in [-0.1, -0.05) is 6.07 Å². The van der Waals surface area contributed by atoms with Crippen molar-refractivity contribution in [2.45, 2.75) is 24.7 Å². The van der Waals surface area contributed by atoms with Crippen LogP contribution in [0.3, 0.4) is 0 Å². The Kier molecular flexibility index (Phi) is 1.25. The largest absolute Gasteiger partial charge is 0.366 e. The normalized spacial score (nSPS) is 46.8. The first-order valence-electron chi connectivity index (χ1n) is 6.71. The third-order valence-corrected chi connectivity index (χ3v) is 5.98. The minimum atomic E-state index is -0.284. The van der Waals surface area contributed by atoms with Crippen molar-refractivity contribution in [3.63, 3.8) is 0 Å². The lowest BCUT2D eigenvalue weighted by Crippen LogP contribution is -2.27. The summed E-state index contributed by atoms with van der Waals surface area (Å²) in [6.07, 6.45) is 2.87. The Morgan fingerprint density at radius 3 is 2.59 bits per heavy atom. The quantitative estimate of drug-likeness (QED) is 0.782. The van der Waals surface area contributed by atoms with Crippen LogP contribution in [-0.4, -0.2) is 5.91 Å². The van der Waals surface area contributed by atoms with Gasteiger partial charge in [0.15, 0.2) is 0 Å². The molecule has 2 nitrogen and oxygen atoms in total. The lowest BCUT2D eigenvalue weighted by atomic mass is 9.69. The zero-order valence-electron chi connectivity index (χ0n) is 9.60. The van der Waals surface area contributed by atoms with E-state index in [0.717, 1.165) is 35.5 Å². The molecule has 0 unspecified atom stereocenters. The van der Waals surface area contributed by atoms with Gasteiger partial charge in [0, 0.05) is 5.56 Å². The maximum Gasteiger partial charge on any atom is 0.248 e. The van der Waals surface area contributed by atoms with Gasteiger partial charge in [-0.2, -0.15) is 0 Å². The molecule has 4 aliphatic rings. The van der Waals surface area contributed by atoms with Gasteiger partial charge in [0.2, 0.25) is 5.91 Å². The van der Waals surface area contributed by atoms with Crippen LogP contribution in [-0.2, 0) is 0 Å². The Morgan fingerprint density at radius 1 is 1.06 bits per heavy atom. The van der Waals surface area contributed by atoms with Crippen molar-refractivity contribution in [2.24, 2.45) is 29.4 Å². The molecular weight excluding hydrogens is 210 g/mol. The molecule has 2 heteroatoms. The second-order valence-corrected chi connectivity index (χ2v) is 6.32. The Balaban J connectivity index is 1.69. The standard InChI is InChI=1S/C15H15NO/c16-15(17)6-1-2-9-10(5-6)11-7-3-4-8(7)12-13(9)14(11)12/h1-2,5,7-8,11-14H,3-4H2,(H2,16,17)/t7-,8+,11-,12-,13-,14+/m1/s1. The highest BCUT2D eigenvalue weighted by molar-refractivity contribution is 5.93. The summed E-state index contributed by atoms with van der Waals surface area (Å²) in [5.74, 6) is 5.23. The molecule has 0 aliphatic heterocycles. The van der Waals surface area contributed by atoms with Gasteiger partial charge in [0.05, 0.1) is 0 Å². The molecule has 0 saturated heterocycles. The van der Waals surface area contributed by atoms with Crippen LogP contribution in [0, 0.1) is 23.7 Å². The van der Waals surface area contributed by atoms with E-state index in [0.29, 0.717) is 5.56 Å². The summed E-state index contributed by atoms with van der Waals surface area (Å²) in [7, 11) is 0. The molecule has 17 heavy (non-hydrogen) atoms. The lowest BCUT2D eigenvalue weighted by molar-refractivity contribution is 0.1000. The second kappa shape index (κ2) is 2.43. The van der Waals surface area contributed by atoms with Gasteiger partial charge in [-0.15, -0.1) is 0 Å². The van der Waals surface area contributed by atoms with E-state index in [1.54, 1.807) is 5.56 Å². The number of nitrogens with two attached hydrogens (primary N) is 1. The molecule has 2 N–H and O–H groups in total. The zero-order chi connectivity index (χ0) is 11.3. The second-order valence-electron chi connectivity index (χ2n) is 6.32. The highest BCUT2D eigenvalue weighted by Crippen LogP contribution is 2.81. The summed E-state index contributed by atoms with van der Waals surface area (Å²) in [4.78, 5) is 11.3. The smallest absolute Gasteiger partial charge is 0.248 e. The van der Waals surface area contributed by atoms with Crippen LogP contribution in [0.1, 0.15) is 46.2 Å². The van der Waals surface area contributed by atoms with Gasteiger partial charge >= 0.3 is 0 Å². The summed E-state index contributed by atoms with van der Waals surface area (Å²) < 4.78 is 0. The first kappa shape index (κ1) is 8.73. The maximum absolute atomic E-state index is 11.3. The molecule has 86 valence electrons. The molecule has 3 saturated carbocycles. The number of carbonyl (C=O) groups is 1. The first-order chi connectivity index (χ1) is 8.27. The molecule has 1 aromatic carbocycles. The number of fused-ring (bicyclic) bond motifs is 7. The Bertz CT molecular complexity index is 564. The van der Waals surface area contributed by atoms with Gasteiger partial charge in [-0.25, -0.2) is 0 Å². The third-order valence-electron chi connectivity index (χ3n) is 5.98. The van der Waals surface area contributed by atoms with Crippen LogP contribution in [0.15, 0.2) is 18.2 Å². The molecule has 0 spiro atoms. The summed E-state index contributed by atoms with van der Waals surface area (Å²) in [5, 5.41) is 0. The fourth-order valence-electron chi connectivity index (χ4n) is 5.31. The monoisotopic (exact) mass is 225 g/mol. The highest BCUT2D eigenvalue weighted by Gasteiger charge is 2.73. The number of hydrogen-bond donors (Lipinski definition) is 1. The van der Waals surface area contributed by atoms with E-state index >= 15 is 0 Å². The molecule has 1 amide bonds. The van der Waals surface area contributed by atoms with Crippen LogP contribution in [0.5, 0.6) is 0 Å². The van der Waals surface area contributed by atoms with Crippen LogP contribution in [0.4, 0.5) is 0 Å². The minimum absolute atomic E-state index is 0.284. The summed E-state index contributed by atoms with van der Waals surface area (Å²) in [6.45, 7) is 0. The van der Waals surface area contributed by atoms with E-state index < -0.39 is 0 Å². The number of hydrogen-bond acceptors (Lipinski definition) is 1. The molecule has 4 aliphatic carbocycles. The molecule has 1 aromatic rings. The number of primary amides is 1. The van der Waals surface area contributed by atoms with Crippen LogP contribution >= 0.6 is 0 Å². The topological polar surface area (TPSA) is 43.1 Å². The Hall–Kier alpha value is -1.31. The van der Waals surface area contributed by atoms with Crippen molar-refractivity contribution in [1.82, 2.24) is 0 Å². The van der Waals surface area contributed by atoms with E-state index in [4.69, 9.17) is 5.73 Å². The lowest BCUT2D eigenvalue weighted by Gasteiger charge is -2.36. The molecule has 0 bridgehead atoms. The van der Waals surface area contributed by atoms with Gasteiger partial charge in [0.1, 0.15) is 0 Å². The third kappa shape index (κ3) is 0.791. The van der Waals surface area contributed by atoms with E-state index in [1.807, 2.05) is 6.07 Å². The SMILES string of the molecule is NC(=O)c1ccc2c(c1)[C@H]1[C@@H]3CC[C@@H]3[C@@H]3[C@@H]2[C@@H]13. The molecule has 0 aromatic heterocycles. The average Bonchev–Trinajstić information content (AvgIpc) is 2.81. The van der Waals surface area contributed by atoms with E-state index in [2.05, 4.69) is 12.1 Å². The molecule has 6 atom stereocenters. The number of carbonyl (C=O) groups excluding carboxylic acids is 1. The Labute approximate surface area is 100 Å². The maximum atomic E-state index is 11.3. The number of benzene rings is 1. The highest BCUT2D eigenvalue weighted by atomic mass is 16.1. The van der Waals surface area contributed by atoms with Crippen LogP contribution in [0.2, 0.25) is 0 Å². The van der Waals surface area contributed by atoms with Crippen molar-refractivity contribution in [3.05, 3.63) is 34.9 Å². The number of amides is 1. The summed E-state index contributed by atoms with van der Waals surface area (Å²) in [6, 6.07) is 6.19. The van der Waals surface area contributed by atoms with Crippen LogP contribution in [0.25, 0.3) is 0 Å². The van der Waals surface area contributed by atoms with Gasteiger partial charge in [0.25, 0.3) is 0 Å². The Morgan fingerprint density at radius 2 is 1.88 bits per heavy atom. The summed E-state index contributed by atoms with van der Waals surface area (Å²) in [5.41, 5.74) is 9.10. The van der Waals surface area contributed by atoms with Crippen molar-refractivity contribution in [1.29, 1.82) is 0 Å². The molecule has 0 radical (unpaired) electrons. The predicted octanol–water partition coefficient (Wildman–Crippen LogP) is 2.25. The minimum Gasteiger partial charge on any atom is -0.366 e. The van der Waals surface area contributed by atoms with Crippen molar-refractivity contribution < 1.29 is 4.79 Å². The molecular formula is C15H15NO. The fraction of sp³-hybridized carbons (Fsp3) is 0.533. The fourth-order valence-corrected chi connectivity index (χ4v) is 5.31. The van der Waals surface area contributed by atoms with E-state index in [9.17, 15) is 4.79 Å². The van der Waals surface area contributed by atoms with E-state index in [-0.39, 0.29) is 5.91 Å². The molecule has 5 rings (SSSR count). The summed E-state index contributed by atoms with van der Waals surface area (Å²) >= 11 is 0. The van der Waals surface area contributed by atoms with Crippen molar-refractivity contribution >= 4 is 5.91 Å². The van der Waals surface area contributed by atoms with Crippen LogP contribution < -0.4 is 5.73 Å². The number of rotatable bonds is 1. The first-order valence-corrected chi connectivity index (χ1v) is 6.71. The van der Waals surface area contributed by atoms with Crippen molar-refractivity contribution in [3.8, 4) is 0 Å². The van der Waals surface area contributed by atoms with Gasteiger partial charge < -0.3 is 5.73 Å². The predicted molar refractivity (Wildman–Crippen MR) is 63.6 cm³/mol. The molecule has 0 heterocycles. The van der Waals surface area contributed by atoms with Crippen molar-refractivity contribution in [2.75, 3.05) is 0 Å².